The number of allylic oxidation sites excluding steroid dienone is 1. The van der Waals surface area contributed by atoms with Crippen LogP contribution in [-0.4, -0.2) is 121 Å². The van der Waals surface area contributed by atoms with Gasteiger partial charge in [-0.1, -0.05) is 251 Å². The Morgan fingerprint density at radius 2 is 0.719 bits per heavy atom. The predicted octanol–water partition coefficient (Wildman–Crippen LogP) is 13.3. The van der Waals surface area contributed by atoms with Crippen LogP contribution in [0.25, 0.3) is 0 Å². The Balaban J connectivity index is -0.000000176. The van der Waals surface area contributed by atoms with Gasteiger partial charge >= 0.3 is 51.4 Å². The van der Waals surface area contributed by atoms with Gasteiger partial charge in [-0.25, -0.2) is 0 Å². The van der Waals surface area contributed by atoms with Crippen LogP contribution in [0.5, 0.6) is 0 Å². The number of hydrogen-bond donors (Lipinski definition) is 10. The van der Waals surface area contributed by atoms with Crippen LogP contribution in [0.15, 0.2) is 12.7 Å². The van der Waals surface area contributed by atoms with Gasteiger partial charge in [-0.05, 0) is 176 Å². The summed E-state index contributed by atoms with van der Waals surface area (Å²) in [5.41, 5.74) is 10.00. The first kappa shape index (κ1) is 102. The Morgan fingerprint density at radius 3 is 0.978 bits per heavy atom. The zero-order chi connectivity index (χ0) is 66.1. The maximum absolute atomic E-state index is 8.40. The number of hydrogen-bond acceptors (Lipinski definition) is 13. The Morgan fingerprint density at radius 1 is 0.427 bits per heavy atom. The molecule has 0 aromatic rings. The third kappa shape index (κ3) is 90.0. The maximum Gasteiger partial charge on any atom is 1.00 e. The van der Waals surface area contributed by atoms with Crippen LogP contribution >= 0.6 is 0 Å². The van der Waals surface area contributed by atoms with E-state index in [4.69, 9.17) is 32.2 Å². The number of nitrogens with one attached hydrogen (secondary N) is 6. The van der Waals surface area contributed by atoms with E-state index in [0.29, 0.717) is 18.3 Å². The van der Waals surface area contributed by atoms with Crippen LogP contribution in [0.2, 0.25) is 0 Å². The summed E-state index contributed by atoms with van der Waals surface area (Å²) in [6, 6.07) is 3.73. The van der Waals surface area contributed by atoms with Crippen LogP contribution in [0.4, 0.5) is 0 Å². The molecule has 0 aliphatic heterocycles. The molecule has 0 aromatic heterocycles. The molecule has 10 atom stereocenters. The average Bonchev–Trinajstić information content (AvgIpc) is 3.49. The zero-order valence-electron chi connectivity index (χ0n) is 62.4. The monoisotopic (exact) mass is 1290 g/mol. The Bertz CT molecular complexity index is 1220. The Hall–Kier alpha value is -0.0836. The van der Waals surface area contributed by atoms with Gasteiger partial charge in [0.1, 0.15) is 0 Å². The van der Waals surface area contributed by atoms with Crippen molar-refractivity contribution in [3.8, 4) is 12.1 Å². The minimum Gasteiger partial charge on any atom is -0.870 e. The first-order valence-corrected chi connectivity index (χ1v) is 37.6. The van der Waals surface area contributed by atoms with Crippen molar-refractivity contribution in [1.29, 1.82) is 10.5 Å². The largest absolute Gasteiger partial charge is 1.00 e. The molecular weight excluding hydrogens is 1130 g/mol. The number of nitrogens with zero attached hydrogens (tertiary/aromatic N) is 2. The number of unbranched alkanes of at least 4 members (excludes halogenated alkanes) is 13. The molecule has 530 valence electrons. The van der Waals surface area contributed by atoms with Crippen LogP contribution in [0.3, 0.4) is 0 Å². The summed E-state index contributed by atoms with van der Waals surface area (Å²) in [4.78, 5) is 0. The van der Waals surface area contributed by atoms with Gasteiger partial charge in [0, 0.05) is 45.3 Å². The molecule has 0 heterocycles. The number of rotatable bonds is 41. The van der Waals surface area contributed by atoms with Crippen molar-refractivity contribution in [1.82, 2.24) is 31.9 Å². The molecule has 0 amide bonds. The van der Waals surface area contributed by atoms with Crippen molar-refractivity contribution in [3.63, 3.8) is 0 Å². The molecule has 0 aromatic carbocycles. The molecule has 0 spiro atoms. The molecular formula is C75H161KN10O3. The summed E-state index contributed by atoms with van der Waals surface area (Å²) in [5.74, 6) is 9.32. The van der Waals surface area contributed by atoms with E-state index in [1.165, 1.54) is 193 Å². The minimum absolute atomic E-state index is 0. The van der Waals surface area contributed by atoms with Crippen molar-refractivity contribution in [3.05, 3.63) is 12.7 Å². The zero-order valence-corrected chi connectivity index (χ0v) is 65.5. The van der Waals surface area contributed by atoms with Crippen molar-refractivity contribution < 1.29 is 67.1 Å². The van der Waals surface area contributed by atoms with Gasteiger partial charge in [0.15, 0.2) is 0 Å². The standard InChI is InChI=1S/C19H38.C15H34N4.C7H14.C6H14.C5H10N2.C5H10O2.C5H10.C4H12N2.C4H8.C3H3N.C2H7N.K.H2O/c1-3-5-7-9-11-13-15-18-17-19(18)16-14-12-10-8-6-4-2;1-3-16-7-5-9-18-12-14-11-15(14)13-19-10-6-8-17-4-2;1-3-6-5-7(6)4-2;1-3-5-6-4-2;1-2-7-5-3-4-6;6-2-4-1-5(4)3-7;1-4-3-5(4)2;1-2-6-4-3-5;1-2-4-3-1;1-2-3-4;1-2-3;;/h18-19H,3-17H2,1-2H3;14-19H,3-13H2,1-2H3;6-7H,3-5H2,1-2H3;3-6H2,1-2H3;7H,2-3,5H2,1H3;4-7H,1-3H2;4-5H,3H2,1-2H3;6H,2-5H2,1H3;1-4H2;2H,1H2;2-3H2,1H3;;1H2/q;;;;;;;;;;;+1;/p-1. The number of nitriles is 2. The second-order valence-electron chi connectivity index (χ2n) is 25.6. The molecule has 0 saturated heterocycles. The van der Waals surface area contributed by atoms with Crippen LogP contribution in [-0.2, 0) is 0 Å². The van der Waals surface area contributed by atoms with E-state index < -0.39 is 0 Å². The quantitative estimate of drug-likeness (QED) is 0.0156. The molecule has 6 rings (SSSR count). The van der Waals surface area contributed by atoms with E-state index in [0.717, 1.165) is 132 Å². The van der Waals surface area contributed by atoms with Gasteiger partial charge in [-0.15, -0.1) is 0 Å². The molecule has 6 aliphatic carbocycles. The van der Waals surface area contributed by atoms with Gasteiger partial charge in [0.2, 0.25) is 0 Å². The van der Waals surface area contributed by atoms with Gasteiger partial charge in [-0.2, -0.15) is 10.5 Å². The van der Waals surface area contributed by atoms with Crippen LogP contribution in [0, 0.1) is 81.8 Å². The third-order valence-electron chi connectivity index (χ3n) is 17.2. The van der Waals surface area contributed by atoms with E-state index in [9.17, 15) is 0 Å². The second kappa shape index (κ2) is 87.9. The fraction of sp³-hybridized carbons (Fsp3) is 0.947. The number of nitrogens with two attached hydrogens (primary N) is 2. The second-order valence-corrected chi connectivity index (χ2v) is 25.6. The molecule has 0 radical (unpaired) electrons. The van der Waals surface area contributed by atoms with Crippen molar-refractivity contribution in [2.24, 2.45) is 70.6 Å². The molecule has 6 aliphatic rings. The van der Waals surface area contributed by atoms with Crippen molar-refractivity contribution >= 4 is 0 Å². The molecule has 10 unspecified atom stereocenters. The normalized spacial score (nSPS) is 21.4. The van der Waals surface area contributed by atoms with Gasteiger partial charge in [0.25, 0.3) is 0 Å². The first-order valence-electron chi connectivity index (χ1n) is 37.6. The minimum atomic E-state index is 0. The number of aliphatic hydroxyl groups is 2. The van der Waals surface area contributed by atoms with Gasteiger partial charge in [0.05, 0.1) is 12.1 Å². The molecule has 6 fully saturated rings. The number of aliphatic hydroxyl groups excluding tert-OH is 2. The number of likely N-dealkylation sites (N-methyl/N-ethyl adjacent to an activating group) is 1. The molecule has 6 saturated carbocycles. The van der Waals surface area contributed by atoms with Gasteiger partial charge < -0.3 is 59.1 Å². The molecule has 89 heavy (non-hydrogen) atoms. The van der Waals surface area contributed by atoms with E-state index in [2.05, 4.69) is 115 Å². The topological polar surface area (TPSA) is 242 Å². The van der Waals surface area contributed by atoms with Crippen LogP contribution in [0.1, 0.15) is 295 Å². The Kier molecular flexibility index (Phi) is 101. The third-order valence-corrected chi connectivity index (χ3v) is 17.2. The van der Waals surface area contributed by atoms with Crippen LogP contribution < -0.4 is 94.8 Å². The van der Waals surface area contributed by atoms with E-state index in [-0.39, 0.29) is 70.1 Å². The fourth-order valence-electron chi connectivity index (χ4n) is 9.73. The summed E-state index contributed by atoms with van der Waals surface area (Å²) < 4.78 is 0. The van der Waals surface area contributed by atoms with Gasteiger partial charge in [-0.3, -0.25) is 0 Å². The van der Waals surface area contributed by atoms with Crippen molar-refractivity contribution in [2.75, 3.05) is 105 Å². The summed E-state index contributed by atoms with van der Waals surface area (Å²) in [5, 5.41) is 52.3. The van der Waals surface area contributed by atoms with E-state index >= 15 is 0 Å². The Labute approximate surface area is 600 Å². The smallest absolute Gasteiger partial charge is 0.870 e. The average molecular weight is 1290 g/mol. The first-order chi connectivity index (χ1) is 42.4. The summed E-state index contributed by atoms with van der Waals surface area (Å²) in [6.07, 6.45) is 46.4. The summed E-state index contributed by atoms with van der Waals surface area (Å²) >= 11 is 0. The molecule has 14 heteroatoms. The predicted molar refractivity (Wildman–Crippen MR) is 389 cm³/mol. The van der Waals surface area contributed by atoms with Crippen molar-refractivity contribution in [2.45, 2.75) is 295 Å². The van der Waals surface area contributed by atoms with E-state index in [1.54, 1.807) is 25.3 Å². The molecule has 13 nitrogen and oxygen atoms in total. The molecule has 0 bridgehead atoms. The maximum atomic E-state index is 8.40. The summed E-state index contributed by atoms with van der Waals surface area (Å²) in [6.45, 7) is 46.7. The fourth-order valence-corrected chi connectivity index (χ4v) is 9.73. The van der Waals surface area contributed by atoms with E-state index in [1.807, 2.05) is 19.9 Å². The SMILES string of the molecule is C1CCC1.C=CC#N.CC1CC1C.CCC1CC1CC.CCCCCC.CCCCCCCCC1CC1CCCCCCCC.CCN.CCNCCC#N.CCNCCCNCC1CC1CNCCCNCC.CCNCCN.OCC1CC1CO.[K+].[OH-]. The summed E-state index contributed by atoms with van der Waals surface area (Å²) in [7, 11) is 0. The molecule has 13 N–H and O–H groups in total.